The van der Waals surface area contributed by atoms with E-state index < -0.39 is 0 Å². The molecule has 1 heterocycles. The molecule has 2 atom stereocenters. The van der Waals surface area contributed by atoms with Gasteiger partial charge in [0.05, 0.1) is 16.7 Å². The maximum absolute atomic E-state index is 6.02. The normalized spacial score (nSPS) is 26.1. The maximum Gasteiger partial charge on any atom is 0.0646 e. The summed E-state index contributed by atoms with van der Waals surface area (Å²) < 4.78 is 5.43. The summed E-state index contributed by atoms with van der Waals surface area (Å²) in [5.74, 6) is 0. The van der Waals surface area contributed by atoms with Crippen molar-refractivity contribution in [3.8, 4) is 0 Å². The van der Waals surface area contributed by atoms with Crippen LogP contribution in [0.1, 0.15) is 31.9 Å². The van der Waals surface area contributed by atoms with Crippen molar-refractivity contribution in [1.29, 1.82) is 0 Å². The van der Waals surface area contributed by atoms with Crippen LogP contribution in [0.15, 0.2) is 18.2 Å². The molecule has 1 fully saturated rings. The Kier molecular flexibility index (Phi) is 3.99. The van der Waals surface area contributed by atoms with E-state index in [1.54, 1.807) is 0 Å². The molecule has 17 heavy (non-hydrogen) atoms. The summed E-state index contributed by atoms with van der Waals surface area (Å²) >= 11 is 11.9. The van der Waals surface area contributed by atoms with Crippen LogP contribution in [0, 0.1) is 0 Å². The van der Waals surface area contributed by atoms with E-state index in [0.29, 0.717) is 10.0 Å². The monoisotopic (exact) mass is 273 g/mol. The van der Waals surface area contributed by atoms with Gasteiger partial charge >= 0.3 is 0 Å². The number of ether oxygens (including phenoxy) is 1. The van der Waals surface area contributed by atoms with Crippen LogP contribution < -0.4 is 5.32 Å². The highest BCUT2D eigenvalue weighted by atomic mass is 35.5. The smallest absolute Gasteiger partial charge is 0.0646 e. The third kappa shape index (κ3) is 3.14. The molecule has 0 amide bonds. The van der Waals surface area contributed by atoms with Gasteiger partial charge in [0, 0.05) is 18.2 Å². The van der Waals surface area contributed by atoms with Crippen molar-refractivity contribution < 1.29 is 4.74 Å². The molecule has 94 valence electrons. The van der Waals surface area contributed by atoms with Crippen molar-refractivity contribution in [3.05, 3.63) is 33.8 Å². The zero-order valence-electron chi connectivity index (χ0n) is 10.1. The molecular weight excluding hydrogens is 257 g/mol. The van der Waals surface area contributed by atoms with Crippen molar-refractivity contribution in [2.45, 2.75) is 31.8 Å². The van der Waals surface area contributed by atoms with Gasteiger partial charge in [0.25, 0.3) is 0 Å². The highest BCUT2D eigenvalue weighted by Gasteiger charge is 2.30. The molecule has 2 nitrogen and oxygen atoms in total. The van der Waals surface area contributed by atoms with E-state index in [2.05, 4.69) is 19.2 Å². The Morgan fingerprint density at radius 1 is 1.35 bits per heavy atom. The minimum absolute atomic E-state index is 0.0610. The maximum atomic E-state index is 6.02. The summed E-state index contributed by atoms with van der Waals surface area (Å²) in [4.78, 5) is 0. The number of hydrogen-bond donors (Lipinski definition) is 1. The zero-order chi connectivity index (χ0) is 12.5. The SMILES string of the molecule is CC(NC1(C)CCOC1)c1ccc(Cl)c(Cl)c1. The highest BCUT2D eigenvalue weighted by Crippen LogP contribution is 2.28. The van der Waals surface area contributed by atoms with Crippen molar-refractivity contribution in [2.24, 2.45) is 0 Å². The average molecular weight is 274 g/mol. The lowest BCUT2D eigenvalue weighted by atomic mass is 9.98. The Hall–Kier alpha value is -0.280. The van der Waals surface area contributed by atoms with E-state index >= 15 is 0 Å². The van der Waals surface area contributed by atoms with Crippen molar-refractivity contribution in [3.63, 3.8) is 0 Å². The average Bonchev–Trinajstić information content (AvgIpc) is 2.69. The molecule has 1 aliphatic rings. The first-order valence-electron chi connectivity index (χ1n) is 5.81. The van der Waals surface area contributed by atoms with E-state index in [1.165, 1.54) is 0 Å². The Bertz CT molecular complexity index is 402. The number of nitrogens with one attached hydrogen (secondary N) is 1. The third-order valence-corrected chi connectivity index (χ3v) is 3.97. The van der Waals surface area contributed by atoms with Gasteiger partial charge in [-0.15, -0.1) is 0 Å². The van der Waals surface area contributed by atoms with Crippen molar-refractivity contribution in [2.75, 3.05) is 13.2 Å². The van der Waals surface area contributed by atoms with Crippen LogP contribution in [0.25, 0.3) is 0 Å². The lowest BCUT2D eigenvalue weighted by Crippen LogP contribution is -2.44. The number of hydrogen-bond acceptors (Lipinski definition) is 2. The van der Waals surface area contributed by atoms with Gasteiger partial charge in [-0.05, 0) is 38.0 Å². The molecule has 0 radical (unpaired) electrons. The van der Waals surface area contributed by atoms with Gasteiger partial charge in [-0.3, -0.25) is 0 Å². The van der Waals surface area contributed by atoms with Gasteiger partial charge in [0.1, 0.15) is 0 Å². The molecule has 1 aliphatic heterocycles. The third-order valence-electron chi connectivity index (χ3n) is 3.23. The molecule has 0 bridgehead atoms. The topological polar surface area (TPSA) is 21.3 Å². The zero-order valence-corrected chi connectivity index (χ0v) is 11.6. The summed E-state index contributed by atoms with van der Waals surface area (Å²) in [5.41, 5.74) is 1.21. The van der Waals surface area contributed by atoms with Crippen LogP contribution in [0.3, 0.4) is 0 Å². The molecule has 1 aromatic rings. The quantitative estimate of drug-likeness (QED) is 0.904. The van der Waals surface area contributed by atoms with E-state index in [-0.39, 0.29) is 11.6 Å². The van der Waals surface area contributed by atoms with Gasteiger partial charge in [-0.2, -0.15) is 0 Å². The lowest BCUT2D eigenvalue weighted by Gasteiger charge is -2.28. The Labute approximate surface area is 112 Å². The van der Waals surface area contributed by atoms with Crippen LogP contribution in [0.5, 0.6) is 0 Å². The van der Waals surface area contributed by atoms with Crippen LogP contribution in [-0.2, 0) is 4.74 Å². The first-order chi connectivity index (χ1) is 8.00. The minimum atomic E-state index is 0.0610. The largest absolute Gasteiger partial charge is 0.379 e. The molecule has 2 unspecified atom stereocenters. The van der Waals surface area contributed by atoms with E-state index in [1.807, 2.05) is 18.2 Å². The molecular formula is C13H17Cl2NO. The fourth-order valence-electron chi connectivity index (χ4n) is 2.17. The van der Waals surface area contributed by atoms with E-state index in [4.69, 9.17) is 27.9 Å². The fourth-order valence-corrected chi connectivity index (χ4v) is 2.48. The molecule has 2 rings (SSSR count). The lowest BCUT2D eigenvalue weighted by molar-refractivity contribution is 0.167. The molecule has 1 aromatic carbocycles. The second kappa shape index (κ2) is 5.15. The number of rotatable bonds is 3. The van der Waals surface area contributed by atoms with E-state index in [9.17, 15) is 0 Å². The first-order valence-corrected chi connectivity index (χ1v) is 6.56. The van der Waals surface area contributed by atoms with Crippen molar-refractivity contribution >= 4 is 23.2 Å². The summed E-state index contributed by atoms with van der Waals surface area (Å²) in [6.45, 7) is 5.91. The predicted octanol–water partition coefficient (Wildman–Crippen LogP) is 3.82. The van der Waals surface area contributed by atoms with Gasteiger partial charge in [0.2, 0.25) is 0 Å². The Morgan fingerprint density at radius 3 is 2.71 bits per heavy atom. The molecule has 1 saturated heterocycles. The van der Waals surface area contributed by atoms with Gasteiger partial charge < -0.3 is 10.1 Å². The van der Waals surface area contributed by atoms with Gasteiger partial charge in [0.15, 0.2) is 0 Å². The Balaban J connectivity index is 2.08. The van der Waals surface area contributed by atoms with Crippen LogP contribution >= 0.6 is 23.2 Å². The molecule has 0 spiro atoms. The van der Waals surface area contributed by atoms with Crippen LogP contribution in [-0.4, -0.2) is 18.8 Å². The fraction of sp³-hybridized carbons (Fsp3) is 0.538. The number of benzene rings is 1. The van der Waals surface area contributed by atoms with Crippen LogP contribution in [0.2, 0.25) is 10.0 Å². The second-order valence-corrected chi connectivity index (χ2v) is 5.72. The minimum Gasteiger partial charge on any atom is -0.379 e. The summed E-state index contributed by atoms with van der Waals surface area (Å²) in [7, 11) is 0. The predicted molar refractivity (Wildman–Crippen MR) is 71.9 cm³/mol. The summed E-state index contributed by atoms with van der Waals surface area (Å²) in [5, 5.41) is 4.79. The van der Waals surface area contributed by atoms with Crippen LogP contribution in [0.4, 0.5) is 0 Å². The highest BCUT2D eigenvalue weighted by molar-refractivity contribution is 6.42. The summed E-state index contributed by atoms with van der Waals surface area (Å²) in [6, 6.07) is 5.99. The molecule has 0 aromatic heterocycles. The Morgan fingerprint density at radius 2 is 2.12 bits per heavy atom. The first kappa shape index (κ1) is 13.2. The van der Waals surface area contributed by atoms with Gasteiger partial charge in [-0.25, -0.2) is 0 Å². The van der Waals surface area contributed by atoms with Gasteiger partial charge in [-0.1, -0.05) is 29.3 Å². The van der Waals surface area contributed by atoms with E-state index in [0.717, 1.165) is 25.2 Å². The molecule has 0 saturated carbocycles. The summed E-state index contributed by atoms with van der Waals surface area (Å²) in [6.07, 6.45) is 1.04. The van der Waals surface area contributed by atoms with Crippen molar-refractivity contribution in [1.82, 2.24) is 5.32 Å². The second-order valence-electron chi connectivity index (χ2n) is 4.90. The molecule has 4 heteroatoms. The molecule has 0 aliphatic carbocycles. The number of halogens is 2. The molecule has 1 N–H and O–H groups in total. The standard InChI is InChI=1S/C13H17Cl2NO/c1-9(16-13(2)5-6-17-8-13)10-3-4-11(14)12(15)7-10/h3-4,7,9,16H,5-6,8H2,1-2H3.